The van der Waals surface area contributed by atoms with Crippen molar-refractivity contribution in [3.05, 3.63) is 34.8 Å². The predicted molar refractivity (Wildman–Crippen MR) is 100 cm³/mol. The Morgan fingerprint density at radius 3 is 2.50 bits per heavy atom. The van der Waals surface area contributed by atoms with Gasteiger partial charge in [0.25, 0.3) is 0 Å². The third kappa shape index (κ3) is 3.06. The van der Waals surface area contributed by atoms with Gasteiger partial charge in [-0.2, -0.15) is 0 Å². The van der Waals surface area contributed by atoms with Gasteiger partial charge < -0.3 is 19.4 Å². The SMILES string of the molecule is CC1(C)OB(C2=CC3(CCCNCC3)OC3=C2C=C(F)CC3)OC1(C)C. The monoisotopic (exact) mass is 361 g/mol. The number of rotatable bonds is 1. The van der Waals surface area contributed by atoms with E-state index >= 15 is 0 Å². The molecule has 1 unspecified atom stereocenters. The molecule has 0 aromatic heterocycles. The quantitative estimate of drug-likeness (QED) is 0.717. The molecule has 1 aliphatic carbocycles. The molecule has 3 heterocycles. The Morgan fingerprint density at radius 1 is 1.04 bits per heavy atom. The average Bonchev–Trinajstić information content (AvgIpc) is 2.71. The molecule has 1 N–H and O–H groups in total. The Balaban J connectivity index is 1.75. The van der Waals surface area contributed by atoms with Crippen molar-refractivity contribution in [2.24, 2.45) is 0 Å². The fourth-order valence-electron chi connectivity index (χ4n) is 4.14. The highest BCUT2D eigenvalue weighted by molar-refractivity contribution is 6.56. The van der Waals surface area contributed by atoms with Crippen molar-refractivity contribution in [1.29, 1.82) is 0 Å². The van der Waals surface area contributed by atoms with Gasteiger partial charge >= 0.3 is 7.12 Å². The van der Waals surface area contributed by atoms with Crippen molar-refractivity contribution in [3.8, 4) is 0 Å². The van der Waals surface area contributed by atoms with Crippen molar-refractivity contribution >= 4 is 7.12 Å². The first-order chi connectivity index (χ1) is 12.2. The first-order valence-electron chi connectivity index (χ1n) is 9.79. The summed E-state index contributed by atoms with van der Waals surface area (Å²) in [5.74, 6) is 0.786. The summed E-state index contributed by atoms with van der Waals surface area (Å²) >= 11 is 0. The van der Waals surface area contributed by atoms with E-state index in [-0.39, 0.29) is 11.4 Å². The first kappa shape index (κ1) is 18.3. The van der Waals surface area contributed by atoms with E-state index in [1.807, 2.05) is 27.7 Å². The Hall–Kier alpha value is -1.11. The van der Waals surface area contributed by atoms with Gasteiger partial charge in [0.05, 0.1) is 11.2 Å². The Bertz CT molecular complexity index is 671. The summed E-state index contributed by atoms with van der Waals surface area (Å²) in [6, 6.07) is 0. The van der Waals surface area contributed by atoms with Crippen LogP contribution in [-0.4, -0.2) is 37.0 Å². The maximum absolute atomic E-state index is 14.1. The van der Waals surface area contributed by atoms with Crippen molar-refractivity contribution in [3.63, 3.8) is 0 Å². The lowest BCUT2D eigenvalue weighted by Gasteiger charge is -2.39. The summed E-state index contributed by atoms with van der Waals surface area (Å²) in [5.41, 5.74) is 0.555. The van der Waals surface area contributed by atoms with Crippen molar-refractivity contribution in [1.82, 2.24) is 5.32 Å². The molecule has 0 radical (unpaired) electrons. The lowest BCUT2D eigenvalue weighted by Crippen LogP contribution is -2.41. The second-order valence-electron chi connectivity index (χ2n) is 8.89. The van der Waals surface area contributed by atoms with Crippen molar-refractivity contribution in [2.75, 3.05) is 13.1 Å². The highest BCUT2D eigenvalue weighted by atomic mass is 19.1. The molecule has 1 atom stereocenters. The molecule has 4 aliphatic rings. The molecule has 0 amide bonds. The summed E-state index contributed by atoms with van der Waals surface area (Å²) in [7, 11) is -0.496. The van der Waals surface area contributed by atoms with Gasteiger partial charge in [-0.25, -0.2) is 4.39 Å². The molecule has 1 spiro atoms. The van der Waals surface area contributed by atoms with Gasteiger partial charge in [-0.05, 0) is 71.3 Å². The second-order valence-corrected chi connectivity index (χ2v) is 8.89. The summed E-state index contributed by atoms with van der Waals surface area (Å²) in [6.07, 6.45) is 7.69. The van der Waals surface area contributed by atoms with E-state index in [1.165, 1.54) is 0 Å². The number of allylic oxidation sites excluding steroid dienone is 5. The Kier molecular flexibility index (Phi) is 4.37. The average molecular weight is 361 g/mol. The van der Waals surface area contributed by atoms with Crippen LogP contribution in [0.4, 0.5) is 4.39 Å². The van der Waals surface area contributed by atoms with E-state index in [2.05, 4.69) is 11.4 Å². The zero-order valence-corrected chi connectivity index (χ0v) is 16.3. The fraction of sp³-hybridized carbons (Fsp3) is 0.700. The largest absolute Gasteiger partial charge is 0.495 e. The number of ether oxygens (including phenoxy) is 1. The van der Waals surface area contributed by atoms with E-state index in [0.717, 1.165) is 49.2 Å². The van der Waals surface area contributed by atoms with Gasteiger partial charge in [-0.1, -0.05) is 0 Å². The topological polar surface area (TPSA) is 39.7 Å². The number of halogens is 1. The zero-order valence-electron chi connectivity index (χ0n) is 16.3. The van der Waals surface area contributed by atoms with Gasteiger partial charge in [0.15, 0.2) is 0 Å². The van der Waals surface area contributed by atoms with Crippen LogP contribution in [0.1, 0.15) is 59.8 Å². The summed E-state index contributed by atoms with van der Waals surface area (Å²) in [6.45, 7) is 10.1. The lowest BCUT2D eigenvalue weighted by molar-refractivity contribution is 0.00578. The molecule has 4 nitrogen and oxygen atoms in total. The van der Waals surface area contributed by atoms with Gasteiger partial charge in [-0.15, -0.1) is 0 Å². The first-order valence-corrected chi connectivity index (χ1v) is 9.79. The van der Waals surface area contributed by atoms with E-state index in [0.29, 0.717) is 12.8 Å². The van der Waals surface area contributed by atoms with Crippen LogP contribution in [0.25, 0.3) is 0 Å². The van der Waals surface area contributed by atoms with E-state index in [1.54, 1.807) is 6.08 Å². The molecule has 3 aliphatic heterocycles. The summed E-state index contributed by atoms with van der Waals surface area (Å²) in [4.78, 5) is 0. The molecule has 4 rings (SSSR count). The van der Waals surface area contributed by atoms with Crippen LogP contribution in [0, 0.1) is 0 Å². The Morgan fingerprint density at radius 2 is 1.77 bits per heavy atom. The van der Waals surface area contributed by atoms with Crippen molar-refractivity contribution < 1.29 is 18.4 Å². The number of hydrogen-bond acceptors (Lipinski definition) is 4. The highest BCUT2D eigenvalue weighted by Gasteiger charge is 2.54. The molecular weight excluding hydrogens is 332 g/mol. The smallest absolute Gasteiger partial charge is 0.487 e. The number of hydrogen-bond donors (Lipinski definition) is 1. The van der Waals surface area contributed by atoms with Gasteiger partial charge in [0.2, 0.25) is 0 Å². The van der Waals surface area contributed by atoms with Gasteiger partial charge in [-0.3, -0.25) is 0 Å². The molecule has 0 aromatic carbocycles. The predicted octanol–water partition coefficient (Wildman–Crippen LogP) is 3.99. The minimum absolute atomic E-state index is 0.103. The zero-order chi connectivity index (χ0) is 18.6. The van der Waals surface area contributed by atoms with Gasteiger partial charge in [0.1, 0.15) is 17.2 Å². The molecule has 2 fully saturated rings. The van der Waals surface area contributed by atoms with Crippen LogP contribution < -0.4 is 5.32 Å². The minimum Gasteiger partial charge on any atom is -0.487 e. The second kappa shape index (κ2) is 6.21. The molecule has 0 aromatic rings. The highest BCUT2D eigenvalue weighted by Crippen LogP contribution is 2.46. The van der Waals surface area contributed by atoms with Crippen molar-refractivity contribution in [2.45, 2.75) is 76.6 Å². The maximum atomic E-state index is 14.1. The van der Waals surface area contributed by atoms with Crippen LogP contribution in [0.15, 0.2) is 34.8 Å². The third-order valence-corrected chi connectivity index (χ3v) is 6.43. The molecule has 2 saturated heterocycles. The molecule has 6 heteroatoms. The Labute approximate surface area is 156 Å². The van der Waals surface area contributed by atoms with Crippen LogP contribution in [-0.2, 0) is 14.0 Å². The minimum atomic E-state index is -0.496. The molecule has 26 heavy (non-hydrogen) atoms. The van der Waals surface area contributed by atoms with Crippen LogP contribution in [0.3, 0.4) is 0 Å². The van der Waals surface area contributed by atoms with Crippen LogP contribution in [0.2, 0.25) is 0 Å². The maximum Gasteiger partial charge on any atom is 0.495 e. The molecular formula is C20H29BFNO3. The lowest BCUT2D eigenvalue weighted by atomic mass is 9.68. The fourth-order valence-corrected chi connectivity index (χ4v) is 4.14. The molecule has 142 valence electrons. The van der Waals surface area contributed by atoms with Crippen LogP contribution in [0.5, 0.6) is 0 Å². The van der Waals surface area contributed by atoms with Crippen LogP contribution >= 0.6 is 0 Å². The normalized spacial score (nSPS) is 33.3. The number of nitrogens with one attached hydrogen (secondary N) is 1. The third-order valence-electron chi connectivity index (χ3n) is 6.43. The van der Waals surface area contributed by atoms with E-state index in [4.69, 9.17) is 14.0 Å². The standard InChI is InChI=1S/C20H29BFNO3/c1-18(2)19(3,4)26-21(25-18)16-13-20(8-5-10-23-11-9-20)24-17-7-6-14(22)12-15(16)17/h12-13,23H,5-11H2,1-4H3. The summed E-state index contributed by atoms with van der Waals surface area (Å²) < 4.78 is 33.2. The molecule has 0 saturated carbocycles. The van der Waals surface area contributed by atoms with E-state index in [9.17, 15) is 4.39 Å². The summed E-state index contributed by atoms with van der Waals surface area (Å²) in [5, 5.41) is 3.45. The molecule has 0 bridgehead atoms. The van der Waals surface area contributed by atoms with E-state index < -0.39 is 18.3 Å². The van der Waals surface area contributed by atoms with Gasteiger partial charge in [0, 0.05) is 24.8 Å².